The van der Waals surface area contributed by atoms with Crippen LogP contribution in [-0.4, -0.2) is 26.7 Å². The Bertz CT molecular complexity index is 331. The lowest BCUT2D eigenvalue weighted by Crippen LogP contribution is -2.33. The molecule has 1 unspecified atom stereocenters. The quantitative estimate of drug-likeness (QED) is 0.834. The summed E-state index contributed by atoms with van der Waals surface area (Å²) >= 11 is 0. The van der Waals surface area contributed by atoms with Gasteiger partial charge in [0, 0.05) is 0 Å². The van der Waals surface area contributed by atoms with E-state index in [2.05, 4.69) is 17.4 Å². The Balaban J connectivity index is 2.10. The van der Waals surface area contributed by atoms with Gasteiger partial charge in [-0.2, -0.15) is 0 Å². The van der Waals surface area contributed by atoms with Gasteiger partial charge in [0.15, 0.2) is 0 Å². The first kappa shape index (κ1) is 12.4. The molecule has 1 saturated heterocycles. The number of nitrogens with one attached hydrogen (secondary N) is 1. The summed E-state index contributed by atoms with van der Waals surface area (Å²) in [4.78, 5) is 0. The van der Waals surface area contributed by atoms with Crippen LogP contribution in [0, 0.1) is 5.92 Å². The van der Waals surface area contributed by atoms with Gasteiger partial charge in [-0.25, -0.2) is 0 Å². The zero-order valence-corrected chi connectivity index (χ0v) is 10.5. The molecule has 1 atom stereocenters. The lowest BCUT2D eigenvalue weighted by Gasteiger charge is -2.30. The number of nitrogens with two attached hydrogens (primary N) is 1. The van der Waals surface area contributed by atoms with E-state index in [1.807, 2.05) is 12.1 Å². The molecular formula is C14H22N2O. The summed E-state index contributed by atoms with van der Waals surface area (Å²) < 4.78 is 5.19. The number of rotatable bonds is 4. The molecule has 0 bridgehead atoms. The van der Waals surface area contributed by atoms with Crippen molar-refractivity contribution in [3.63, 3.8) is 0 Å². The first-order valence-electron chi connectivity index (χ1n) is 6.40. The van der Waals surface area contributed by atoms with E-state index in [0.29, 0.717) is 5.92 Å². The number of hydrogen-bond donors (Lipinski definition) is 2. The van der Waals surface area contributed by atoms with Gasteiger partial charge >= 0.3 is 0 Å². The third-order valence-corrected chi connectivity index (χ3v) is 3.75. The lowest BCUT2D eigenvalue weighted by molar-refractivity contribution is 0.321. The summed E-state index contributed by atoms with van der Waals surface area (Å²) in [6.07, 6.45) is 2.46. The van der Waals surface area contributed by atoms with Gasteiger partial charge < -0.3 is 15.8 Å². The predicted molar refractivity (Wildman–Crippen MR) is 70.4 cm³/mol. The zero-order valence-electron chi connectivity index (χ0n) is 10.5. The molecule has 2 rings (SSSR count). The van der Waals surface area contributed by atoms with Crippen molar-refractivity contribution in [2.75, 3.05) is 26.7 Å². The first-order valence-corrected chi connectivity index (χ1v) is 6.40. The van der Waals surface area contributed by atoms with Crippen LogP contribution in [0.15, 0.2) is 24.3 Å². The maximum absolute atomic E-state index is 5.95. The van der Waals surface area contributed by atoms with Gasteiger partial charge in [-0.05, 0) is 62.0 Å². The topological polar surface area (TPSA) is 47.3 Å². The number of hydrogen-bond acceptors (Lipinski definition) is 3. The van der Waals surface area contributed by atoms with Gasteiger partial charge in [0.2, 0.25) is 0 Å². The van der Waals surface area contributed by atoms with E-state index >= 15 is 0 Å². The Morgan fingerprint density at radius 3 is 2.47 bits per heavy atom. The zero-order chi connectivity index (χ0) is 12.1. The van der Waals surface area contributed by atoms with Crippen molar-refractivity contribution in [3.05, 3.63) is 29.8 Å². The van der Waals surface area contributed by atoms with Gasteiger partial charge in [-0.1, -0.05) is 12.1 Å². The standard InChI is InChI=1S/C14H22N2O/c1-17-13-4-2-11(3-5-13)14(10-15)12-6-8-16-9-7-12/h2-5,12,14,16H,6-10,15H2,1H3. The van der Waals surface area contributed by atoms with E-state index < -0.39 is 0 Å². The smallest absolute Gasteiger partial charge is 0.118 e. The van der Waals surface area contributed by atoms with Gasteiger partial charge in [0.1, 0.15) is 5.75 Å². The van der Waals surface area contributed by atoms with Crippen LogP contribution < -0.4 is 15.8 Å². The van der Waals surface area contributed by atoms with Gasteiger partial charge in [0.05, 0.1) is 7.11 Å². The van der Waals surface area contributed by atoms with E-state index in [4.69, 9.17) is 10.5 Å². The highest BCUT2D eigenvalue weighted by Gasteiger charge is 2.23. The second kappa shape index (κ2) is 6.03. The molecule has 0 amide bonds. The maximum Gasteiger partial charge on any atom is 0.118 e. The largest absolute Gasteiger partial charge is 0.497 e. The van der Waals surface area contributed by atoms with E-state index in [1.54, 1.807) is 7.11 Å². The monoisotopic (exact) mass is 234 g/mol. The van der Waals surface area contributed by atoms with Crippen LogP contribution in [-0.2, 0) is 0 Å². The van der Waals surface area contributed by atoms with Crippen molar-refractivity contribution in [1.29, 1.82) is 0 Å². The van der Waals surface area contributed by atoms with E-state index in [9.17, 15) is 0 Å². The number of ether oxygens (including phenoxy) is 1. The molecule has 17 heavy (non-hydrogen) atoms. The summed E-state index contributed by atoms with van der Waals surface area (Å²) in [5.41, 5.74) is 7.30. The molecule has 1 fully saturated rings. The van der Waals surface area contributed by atoms with E-state index in [1.165, 1.54) is 18.4 Å². The van der Waals surface area contributed by atoms with Crippen molar-refractivity contribution in [2.24, 2.45) is 11.7 Å². The number of piperidine rings is 1. The van der Waals surface area contributed by atoms with Crippen LogP contribution in [0.3, 0.4) is 0 Å². The highest BCUT2D eigenvalue weighted by atomic mass is 16.5. The third kappa shape index (κ3) is 2.99. The minimum Gasteiger partial charge on any atom is -0.497 e. The Morgan fingerprint density at radius 2 is 1.94 bits per heavy atom. The normalized spacial score (nSPS) is 18.9. The van der Waals surface area contributed by atoms with Gasteiger partial charge in [0.25, 0.3) is 0 Å². The maximum atomic E-state index is 5.95. The average Bonchev–Trinajstić information content (AvgIpc) is 2.42. The molecule has 0 spiro atoms. The fourth-order valence-corrected chi connectivity index (χ4v) is 2.70. The highest BCUT2D eigenvalue weighted by molar-refractivity contribution is 5.30. The van der Waals surface area contributed by atoms with Crippen molar-refractivity contribution < 1.29 is 4.74 Å². The third-order valence-electron chi connectivity index (χ3n) is 3.75. The average molecular weight is 234 g/mol. The molecule has 94 valence electrons. The molecule has 1 aromatic carbocycles. The lowest BCUT2D eigenvalue weighted by atomic mass is 9.80. The van der Waals surface area contributed by atoms with Crippen LogP contribution in [0.4, 0.5) is 0 Å². The molecule has 1 aromatic rings. The Kier molecular flexibility index (Phi) is 4.40. The predicted octanol–water partition coefficient (Wildman–Crippen LogP) is 1.74. The number of methoxy groups -OCH3 is 1. The summed E-state index contributed by atoms with van der Waals surface area (Å²) in [7, 11) is 1.70. The molecule has 0 aliphatic carbocycles. The Hall–Kier alpha value is -1.06. The molecule has 3 nitrogen and oxygen atoms in total. The number of benzene rings is 1. The summed E-state index contributed by atoms with van der Waals surface area (Å²) in [6, 6.07) is 8.36. The van der Waals surface area contributed by atoms with Crippen LogP contribution >= 0.6 is 0 Å². The first-order chi connectivity index (χ1) is 8.35. The van der Waals surface area contributed by atoms with Crippen molar-refractivity contribution in [3.8, 4) is 5.75 Å². The van der Waals surface area contributed by atoms with Crippen molar-refractivity contribution >= 4 is 0 Å². The molecule has 0 radical (unpaired) electrons. The molecule has 3 N–H and O–H groups in total. The van der Waals surface area contributed by atoms with Crippen LogP contribution in [0.5, 0.6) is 5.75 Å². The van der Waals surface area contributed by atoms with Crippen molar-refractivity contribution in [1.82, 2.24) is 5.32 Å². The second-order valence-electron chi connectivity index (χ2n) is 4.70. The van der Waals surface area contributed by atoms with Crippen molar-refractivity contribution in [2.45, 2.75) is 18.8 Å². The van der Waals surface area contributed by atoms with E-state index in [-0.39, 0.29) is 0 Å². The van der Waals surface area contributed by atoms with Crippen LogP contribution in [0.25, 0.3) is 0 Å². The molecule has 0 aromatic heterocycles. The van der Waals surface area contributed by atoms with Gasteiger partial charge in [-0.3, -0.25) is 0 Å². The highest BCUT2D eigenvalue weighted by Crippen LogP contribution is 2.31. The summed E-state index contributed by atoms with van der Waals surface area (Å²) in [6.45, 7) is 2.98. The SMILES string of the molecule is COc1ccc(C(CN)C2CCNCC2)cc1. The Labute approximate surface area is 103 Å². The molecule has 3 heteroatoms. The summed E-state index contributed by atoms with van der Waals surface area (Å²) in [5.74, 6) is 2.12. The summed E-state index contributed by atoms with van der Waals surface area (Å²) in [5, 5.41) is 3.40. The molecule has 0 saturated carbocycles. The minimum atomic E-state index is 0.489. The fraction of sp³-hybridized carbons (Fsp3) is 0.571. The van der Waals surface area contributed by atoms with Gasteiger partial charge in [-0.15, -0.1) is 0 Å². The van der Waals surface area contributed by atoms with Crippen LogP contribution in [0.2, 0.25) is 0 Å². The van der Waals surface area contributed by atoms with E-state index in [0.717, 1.165) is 31.3 Å². The Morgan fingerprint density at radius 1 is 1.29 bits per heavy atom. The molecular weight excluding hydrogens is 212 g/mol. The molecule has 1 aliphatic rings. The fourth-order valence-electron chi connectivity index (χ4n) is 2.70. The molecule has 1 heterocycles. The second-order valence-corrected chi connectivity index (χ2v) is 4.70. The molecule has 1 aliphatic heterocycles. The minimum absolute atomic E-state index is 0.489. The van der Waals surface area contributed by atoms with Crippen LogP contribution in [0.1, 0.15) is 24.3 Å².